The molecule has 106 valence electrons. The number of hydrogen-bond donors (Lipinski definition) is 1. The van der Waals surface area contributed by atoms with E-state index in [2.05, 4.69) is 31.0 Å². The average molecular weight is 269 g/mol. The van der Waals surface area contributed by atoms with Crippen LogP contribution in [-0.4, -0.2) is 15.7 Å². The molecule has 1 heterocycles. The van der Waals surface area contributed by atoms with Crippen molar-refractivity contribution >= 4 is 10.9 Å². The topological polar surface area (TPSA) is 33.1 Å². The van der Waals surface area contributed by atoms with E-state index in [0.29, 0.717) is 11.8 Å². The Morgan fingerprint density at radius 2 is 2.05 bits per heavy atom. The summed E-state index contributed by atoms with van der Waals surface area (Å²) < 4.78 is 0. The van der Waals surface area contributed by atoms with Gasteiger partial charge in [-0.2, -0.15) is 0 Å². The third-order valence-electron chi connectivity index (χ3n) is 5.21. The van der Waals surface area contributed by atoms with E-state index in [-0.39, 0.29) is 0 Å². The van der Waals surface area contributed by atoms with E-state index < -0.39 is 5.60 Å². The Labute approximate surface area is 120 Å². The minimum Gasteiger partial charge on any atom is -0.389 e. The Morgan fingerprint density at radius 3 is 2.90 bits per heavy atom. The molecule has 1 fully saturated rings. The molecule has 2 nitrogen and oxygen atoms in total. The number of fused-ring (bicyclic) bond motifs is 1. The number of benzene rings is 1. The molecule has 1 aromatic heterocycles. The molecular weight excluding hydrogens is 246 g/mol. The van der Waals surface area contributed by atoms with E-state index in [1.807, 2.05) is 24.4 Å². The van der Waals surface area contributed by atoms with Gasteiger partial charge in [-0.05, 0) is 36.0 Å². The van der Waals surface area contributed by atoms with Crippen LogP contribution < -0.4 is 0 Å². The molecule has 1 aliphatic rings. The van der Waals surface area contributed by atoms with Gasteiger partial charge in [-0.3, -0.25) is 4.98 Å². The highest BCUT2D eigenvalue weighted by atomic mass is 16.3. The first-order chi connectivity index (χ1) is 9.60. The van der Waals surface area contributed by atoms with E-state index in [1.54, 1.807) is 0 Å². The Balaban J connectivity index is 1.96. The summed E-state index contributed by atoms with van der Waals surface area (Å²) in [5.41, 5.74) is 1.67. The maximum atomic E-state index is 11.1. The van der Waals surface area contributed by atoms with Crippen molar-refractivity contribution < 1.29 is 5.11 Å². The van der Waals surface area contributed by atoms with E-state index in [4.69, 9.17) is 0 Å². The van der Waals surface area contributed by atoms with Gasteiger partial charge in [0.25, 0.3) is 0 Å². The second-order valence-electron chi connectivity index (χ2n) is 6.43. The quantitative estimate of drug-likeness (QED) is 0.895. The first kappa shape index (κ1) is 13.6. The summed E-state index contributed by atoms with van der Waals surface area (Å²) in [6.45, 7) is 4.46. The summed E-state index contributed by atoms with van der Waals surface area (Å²) in [7, 11) is 0. The largest absolute Gasteiger partial charge is 0.389 e. The fourth-order valence-corrected chi connectivity index (χ4v) is 3.63. The van der Waals surface area contributed by atoms with E-state index in [0.717, 1.165) is 24.8 Å². The summed E-state index contributed by atoms with van der Waals surface area (Å²) in [6.07, 6.45) is 5.88. The molecule has 0 bridgehead atoms. The van der Waals surface area contributed by atoms with Gasteiger partial charge in [0, 0.05) is 18.0 Å². The van der Waals surface area contributed by atoms with Gasteiger partial charge in [0.15, 0.2) is 0 Å². The first-order valence-electron chi connectivity index (χ1n) is 7.65. The van der Waals surface area contributed by atoms with Crippen molar-refractivity contribution in [2.75, 3.05) is 0 Å². The Hall–Kier alpha value is -1.41. The minimum absolute atomic E-state index is 0.350. The maximum Gasteiger partial charge on any atom is 0.0716 e. The maximum absolute atomic E-state index is 11.1. The van der Waals surface area contributed by atoms with Crippen LogP contribution in [0.3, 0.4) is 0 Å². The van der Waals surface area contributed by atoms with Crippen molar-refractivity contribution in [3.63, 3.8) is 0 Å². The van der Waals surface area contributed by atoms with Crippen LogP contribution >= 0.6 is 0 Å². The van der Waals surface area contributed by atoms with Crippen molar-refractivity contribution in [3.05, 3.63) is 42.1 Å². The van der Waals surface area contributed by atoms with Gasteiger partial charge < -0.3 is 5.11 Å². The molecule has 3 unspecified atom stereocenters. The third kappa shape index (κ3) is 2.33. The lowest BCUT2D eigenvalue weighted by Gasteiger charge is -2.42. The Kier molecular flexibility index (Phi) is 3.51. The predicted molar refractivity (Wildman–Crippen MR) is 82.6 cm³/mol. The molecule has 1 aliphatic carbocycles. The zero-order chi connectivity index (χ0) is 14.2. The lowest BCUT2D eigenvalue weighted by molar-refractivity contribution is -0.0618. The smallest absolute Gasteiger partial charge is 0.0716 e. The van der Waals surface area contributed by atoms with Gasteiger partial charge in [0.2, 0.25) is 0 Å². The predicted octanol–water partition coefficient (Wildman–Crippen LogP) is 3.96. The van der Waals surface area contributed by atoms with E-state index >= 15 is 0 Å². The number of hydrogen-bond acceptors (Lipinski definition) is 2. The number of rotatable bonds is 2. The summed E-state index contributed by atoms with van der Waals surface area (Å²) in [4.78, 5) is 4.41. The normalized spacial score (nSPS) is 30.6. The molecule has 20 heavy (non-hydrogen) atoms. The minimum atomic E-state index is -0.568. The number of nitrogens with zero attached hydrogens (tertiary/aromatic N) is 1. The zero-order valence-corrected chi connectivity index (χ0v) is 12.3. The molecule has 2 aromatic rings. The van der Waals surface area contributed by atoms with E-state index in [1.165, 1.54) is 17.4 Å². The molecule has 1 saturated carbocycles. The van der Waals surface area contributed by atoms with Crippen molar-refractivity contribution in [1.82, 2.24) is 4.98 Å². The van der Waals surface area contributed by atoms with E-state index in [9.17, 15) is 5.11 Å². The number of aliphatic hydroxyl groups is 1. The van der Waals surface area contributed by atoms with Gasteiger partial charge >= 0.3 is 0 Å². The zero-order valence-electron chi connectivity index (χ0n) is 12.3. The first-order valence-corrected chi connectivity index (χ1v) is 7.65. The van der Waals surface area contributed by atoms with Crippen molar-refractivity contribution in [2.24, 2.45) is 11.8 Å². The third-order valence-corrected chi connectivity index (χ3v) is 5.21. The van der Waals surface area contributed by atoms with Crippen LogP contribution in [0.5, 0.6) is 0 Å². The Morgan fingerprint density at radius 1 is 1.25 bits per heavy atom. The Bertz CT molecular complexity index is 604. The van der Waals surface area contributed by atoms with Gasteiger partial charge in [0.05, 0.1) is 11.1 Å². The number of para-hydroxylation sites is 1. The molecule has 0 saturated heterocycles. The highest BCUT2D eigenvalue weighted by Gasteiger charge is 2.39. The van der Waals surface area contributed by atoms with Crippen molar-refractivity contribution in [1.29, 1.82) is 0 Å². The van der Waals surface area contributed by atoms with Crippen LogP contribution in [0.4, 0.5) is 0 Å². The standard InChI is InChI=1S/C18H23NO/c1-13-6-5-10-18(20,14(13)2)12-15-9-11-19-17-8-4-3-7-16(15)17/h3-4,7-9,11,13-14,20H,5-6,10,12H2,1-2H3. The molecule has 3 atom stereocenters. The summed E-state index contributed by atoms with van der Waals surface area (Å²) >= 11 is 0. The molecule has 0 spiro atoms. The summed E-state index contributed by atoms with van der Waals surface area (Å²) in [6, 6.07) is 10.3. The molecule has 1 N–H and O–H groups in total. The van der Waals surface area contributed by atoms with Gasteiger partial charge in [-0.15, -0.1) is 0 Å². The van der Waals surface area contributed by atoms with Gasteiger partial charge in [-0.1, -0.05) is 44.9 Å². The van der Waals surface area contributed by atoms with Gasteiger partial charge in [-0.25, -0.2) is 0 Å². The molecule has 0 radical (unpaired) electrons. The van der Waals surface area contributed by atoms with Crippen molar-refractivity contribution in [3.8, 4) is 0 Å². The second kappa shape index (κ2) is 5.17. The second-order valence-corrected chi connectivity index (χ2v) is 6.43. The fraction of sp³-hybridized carbons (Fsp3) is 0.500. The van der Waals surface area contributed by atoms with Crippen LogP contribution in [0.2, 0.25) is 0 Å². The molecule has 1 aromatic carbocycles. The highest BCUT2D eigenvalue weighted by molar-refractivity contribution is 5.81. The van der Waals surface area contributed by atoms with Crippen molar-refractivity contribution in [2.45, 2.75) is 45.1 Å². The molecule has 3 rings (SSSR count). The summed E-state index contributed by atoms with van der Waals surface area (Å²) in [5, 5.41) is 12.3. The lowest BCUT2D eigenvalue weighted by Crippen LogP contribution is -2.44. The van der Waals surface area contributed by atoms with Crippen LogP contribution in [0.25, 0.3) is 10.9 Å². The summed E-state index contributed by atoms with van der Waals surface area (Å²) in [5.74, 6) is 0.949. The number of aromatic nitrogens is 1. The fourth-order valence-electron chi connectivity index (χ4n) is 3.63. The molecule has 2 heteroatoms. The SMILES string of the molecule is CC1CCCC(O)(Cc2ccnc3ccccc23)C1C. The monoisotopic (exact) mass is 269 g/mol. The van der Waals surface area contributed by atoms with Crippen LogP contribution in [0.1, 0.15) is 38.7 Å². The number of pyridine rings is 1. The molecular formula is C18H23NO. The van der Waals surface area contributed by atoms with Crippen LogP contribution in [-0.2, 0) is 6.42 Å². The molecule has 0 aliphatic heterocycles. The van der Waals surface area contributed by atoms with Crippen LogP contribution in [0.15, 0.2) is 36.5 Å². The lowest BCUT2D eigenvalue weighted by atomic mass is 9.68. The average Bonchev–Trinajstić information content (AvgIpc) is 2.45. The van der Waals surface area contributed by atoms with Gasteiger partial charge in [0.1, 0.15) is 0 Å². The molecule has 0 amide bonds. The van der Waals surface area contributed by atoms with Crippen LogP contribution in [0, 0.1) is 11.8 Å². The highest BCUT2D eigenvalue weighted by Crippen LogP contribution is 2.40.